The number of ether oxygens (including phenoxy) is 3. The predicted molar refractivity (Wildman–Crippen MR) is 76.5 cm³/mol. The standard InChI is InChI=1S/C13H18O4S2/c1-3-4-5-18-10-8-19-12(13(14)15-2)11(10)17-7-9-6-16-9/h8-9H,3-7H2,1-2H3. The minimum atomic E-state index is -0.334. The van der Waals surface area contributed by atoms with Crippen LogP contribution in [0.25, 0.3) is 0 Å². The maximum absolute atomic E-state index is 11.7. The molecule has 1 aromatic heterocycles. The van der Waals surface area contributed by atoms with Gasteiger partial charge >= 0.3 is 5.97 Å². The summed E-state index contributed by atoms with van der Waals surface area (Å²) in [6.07, 6.45) is 2.49. The largest absolute Gasteiger partial charge is 0.488 e. The third kappa shape index (κ3) is 4.12. The number of esters is 1. The lowest BCUT2D eigenvalue weighted by Crippen LogP contribution is -2.08. The number of unbranched alkanes of at least 4 members (excludes halogenated alkanes) is 1. The van der Waals surface area contributed by atoms with Gasteiger partial charge in [0.15, 0.2) is 10.6 Å². The molecule has 1 fully saturated rings. The average Bonchev–Trinajstić information content (AvgIpc) is 3.17. The van der Waals surface area contributed by atoms with Gasteiger partial charge in [0.2, 0.25) is 0 Å². The zero-order valence-electron chi connectivity index (χ0n) is 11.1. The Hall–Kier alpha value is -0.720. The van der Waals surface area contributed by atoms with Crippen molar-refractivity contribution < 1.29 is 19.0 Å². The lowest BCUT2D eigenvalue weighted by Gasteiger charge is -2.08. The fraction of sp³-hybridized carbons (Fsp3) is 0.615. The molecule has 0 saturated carbocycles. The summed E-state index contributed by atoms with van der Waals surface area (Å²) >= 11 is 3.11. The van der Waals surface area contributed by atoms with Gasteiger partial charge in [-0.3, -0.25) is 0 Å². The van der Waals surface area contributed by atoms with Gasteiger partial charge in [0.05, 0.1) is 18.6 Å². The molecule has 0 aliphatic carbocycles. The Morgan fingerprint density at radius 1 is 1.63 bits per heavy atom. The van der Waals surface area contributed by atoms with Gasteiger partial charge in [-0.25, -0.2) is 4.79 Å². The highest BCUT2D eigenvalue weighted by atomic mass is 32.2. The second kappa shape index (κ2) is 7.17. The first kappa shape index (κ1) is 14.7. The quantitative estimate of drug-likeness (QED) is 0.319. The molecule has 0 bridgehead atoms. The van der Waals surface area contributed by atoms with Crippen LogP contribution in [0.5, 0.6) is 5.75 Å². The van der Waals surface area contributed by atoms with Crippen LogP contribution in [-0.4, -0.2) is 38.1 Å². The van der Waals surface area contributed by atoms with Crippen molar-refractivity contribution in [2.24, 2.45) is 0 Å². The molecular formula is C13H18O4S2. The summed E-state index contributed by atoms with van der Waals surface area (Å²) in [5, 5.41) is 1.97. The highest BCUT2D eigenvalue weighted by Gasteiger charge is 2.26. The molecule has 6 heteroatoms. The molecule has 106 valence electrons. The molecule has 2 rings (SSSR count). The number of hydrogen-bond acceptors (Lipinski definition) is 6. The zero-order valence-corrected chi connectivity index (χ0v) is 12.8. The van der Waals surface area contributed by atoms with E-state index in [1.807, 2.05) is 5.38 Å². The molecule has 1 saturated heterocycles. The van der Waals surface area contributed by atoms with E-state index in [0.29, 0.717) is 17.2 Å². The molecule has 1 aromatic rings. The molecule has 1 atom stereocenters. The normalized spacial score (nSPS) is 17.3. The highest BCUT2D eigenvalue weighted by Crippen LogP contribution is 2.39. The second-order valence-corrected chi connectivity index (χ2v) is 6.23. The van der Waals surface area contributed by atoms with Crippen LogP contribution >= 0.6 is 23.1 Å². The topological polar surface area (TPSA) is 48.1 Å². The Balaban J connectivity index is 2.06. The van der Waals surface area contributed by atoms with Gasteiger partial charge < -0.3 is 14.2 Å². The van der Waals surface area contributed by atoms with Gasteiger partial charge in [-0.1, -0.05) is 13.3 Å². The van der Waals surface area contributed by atoms with Gasteiger partial charge in [-0.2, -0.15) is 0 Å². The average molecular weight is 302 g/mol. The first-order valence-electron chi connectivity index (χ1n) is 6.33. The fourth-order valence-corrected chi connectivity index (χ4v) is 3.68. The van der Waals surface area contributed by atoms with Crippen LogP contribution in [0.4, 0.5) is 0 Å². The molecule has 0 spiro atoms. The third-order valence-electron chi connectivity index (χ3n) is 2.66. The van der Waals surface area contributed by atoms with Gasteiger partial charge in [0.25, 0.3) is 0 Å². The van der Waals surface area contributed by atoms with Gasteiger partial charge in [0, 0.05) is 5.38 Å². The van der Waals surface area contributed by atoms with Crippen molar-refractivity contribution in [1.82, 2.24) is 0 Å². The summed E-state index contributed by atoms with van der Waals surface area (Å²) < 4.78 is 15.7. The summed E-state index contributed by atoms with van der Waals surface area (Å²) in [5.41, 5.74) is 0. The monoisotopic (exact) mass is 302 g/mol. The minimum absolute atomic E-state index is 0.180. The Morgan fingerprint density at radius 2 is 2.42 bits per heavy atom. The van der Waals surface area contributed by atoms with Crippen molar-refractivity contribution in [1.29, 1.82) is 0 Å². The summed E-state index contributed by atoms with van der Waals surface area (Å²) in [6, 6.07) is 0. The van der Waals surface area contributed by atoms with E-state index < -0.39 is 0 Å². The second-order valence-electron chi connectivity index (χ2n) is 4.22. The number of epoxide rings is 1. The molecule has 2 heterocycles. The molecule has 0 N–H and O–H groups in total. The number of carbonyl (C=O) groups is 1. The van der Waals surface area contributed by atoms with E-state index in [-0.39, 0.29) is 12.1 Å². The van der Waals surface area contributed by atoms with E-state index in [1.54, 1.807) is 11.8 Å². The summed E-state index contributed by atoms with van der Waals surface area (Å²) in [5.74, 6) is 1.36. The van der Waals surface area contributed by atoms with E-state index in [9.17, 15) is 4.79 Å². The number of thioether (sulfide) groups is 1. The smallest absolute Gasteiger partial charge is 0.351 e. The number of carbonyl (C=O) groups excluding carboxylic acids is 1. The number of rotatable bonds is 8. The maximum atomic E-state index is 11.7. The molecule has 1 aliphatic rings. The van der Waals surface area contributed by atoms with Crippen LogP contribution in [-0.2, 0) is 9.47 Å². The molecular weight excluding hydrogens is 284 g/mol. The minimum Gasteiger partial charge on any atom is -0.488 e. The van der Waals surface area contributed by atoms with Crippen LogP contribution in [0.3, 0.4) is 0 Å². The molecule has 0 aromatic carbocycles. The first-order chi connectivity index (χ1) is 9.26. The lowest BCUT2D eigenvalue weighted by atomic mass is 10.4. The summed E-state index contributed by atoms with van der Waals surface area (Å²) in [4.78, 5) is 13.3. The van der Waals surface area contributed by atoms with Crippen LogP contribution in [0.1, 0.15) is 29.4 Å². The fourth-order valence-electron chi connectivity index (χ4n) is 1.47. The third-order valence-corrected chi connectivity index (χ3v) is 4.85. The SMILES string of the molecule is CCCCSc1csc(C(=O)OC)c1OCC1CO1. The molecule has 0 radical (unpaired) electrons. The zero-order chi connectivity index (χ0) is 13.7. The van der Waals surface area contributed by atoms with Gasteiger partial charge in [-0.05, 0) is 12.2 Å². The maximum Gasteiger partial charge on any atom is 0.351 e. The number of thiophene rings is 1. The van der Waals surface area contributed by atoms with Crippen molar-refractivity contribution in [3.05, 3.63) is 10.3 Å². The van der Waals surface area contributed by atoms with Gasteiger partial charge in [0.1, 0.15) is 12.7 Å². The predicted octanol–water partition coefficient (Wildman–Crippen LogP) is 3.20. The lowest BCUT2D eigenvalue weighted by molar-refractivity contribution is 0.0601. The van der Waals surface area contributed by atoms with Crippen LogP contribution < -0.4 is 4.74 Å². The van der Waals surface area contributed by atoms with Gasteiger partial charge in [-0.15, -0.1) is 23.1 Å². The Labute approximate surface area is 121 Å². The summed E-state index contributed by atoms with van der Waals surface area (Å²) in [7, 11) is 1.39. The van der Waals surface area contributed by atoms with Crippen LogP contribution in [0.15, 0.2) is 10.3 Å². The van der Waals surface area contributed by atoms with Crippen molar-refractivity contribution >= 4 is 29.1 Å². The molecule has 0 amide bonds. The summed E-state index contributed by atoms with van der Waals surface area (Å²) in [6.45, 7) is 3.41. The van der Waals surface area contributed by atoms with E-state index >= 15 is 0 Å². The highest BCUT2D eigenvalue weighted by molar-refractivity contribution is 7.99. The molecule has 4 nitrogen and oxygen atoms in total. The van der Waals surface area contributed by atoms with E-state index in [0.717, 1.165) is 30.1 Å². The Bertz CT molecular complexity index is 426. The van der Waals surface area contributed by atoms with Crippen LogP contribution in [0, 0.1) is 0 Å². The van der Waals surface area contributed by atoms with Crippen molar-refractivity contribution in [2.75, 3.05) is 26.1 Å². The Morgan fingerprint density at radius 3 is 3.05 bits per heavy atom. The van der Waals surface area contributed by atoms with E-state index in [2.05, 4.69) is 6.92 Å². The van der Waals surface area contributed by atoms with E-state index in [4.69, 9.17) is 14.2 Å². The number of hydrogen-bond donors (Lipinski definition) is 0. The number of methoxy groups -OCH3 is 1. The van der Waals surface area contributed by atoms with E-state index in [1.165, 1.54) is 18.4 Å². The first-order valence-corrected chi connectivity index (χ1v) is 8.19. The van der Waals surface area contributed by atoms with Crippen molar-refractivity contribution in [2.45, 2.75) is 30.8 Å². The Kier molecular flexibility index (Phi) is 5.54. The van der Waals surface area contributed by atoms with Crippen LogP contribution in [0.2, 0.25) is 0 Å². The molecule has 19 heavy (non-hydrogen) atoms. The molecule has 1 aliphatic heterocycles. The van der Waals surface area contributed by atoms with Crippen molar-refractivity contribution in [3.8, 4) is 5.75 Å². The molecule has 1 unspecified atom stereocenters. The van der Waals surface area contributed by atoms with Crippen molar-refractivity contribution in [3.63, 3.8) is 0 Å².